The van der Waals surface area contributed by atoms with Crippen LogP contribution in [0.15, 0.2) is 5.38 Å². The molecule has 0 bridgehead atoms. The topological polar surface area (TPSA) is 79.5 Å². The molecule has 1 unspecified atom stereocenters. The van der Waals surface area contributed by atoms with Crippen LogP contribution in [-0.2, 0) is 6.54 Å². The highest BCUT2D eigenvalue weighted by Gasteiger charge is 2.28. The monoisotopic (exact) mass is 255 g/mol. The minimum absolute atomic E-state index is 0.0274. The van der Waals surface area contributed by atoms with Crippen molar-refractivity contribution < 1.29 is 9.90 Å². The molecule has 1 amide bonds. The van der Waals surface area contributed by atoms with Gasteiger partial charge < -0.3 is 15.7 Å². The molecule has 17 heavy (non-hydrogen) atoms. The zero-order chi connectivity index (χ0) is 12.3. The number of amides is 1. The smallest absolute Gasteiger partial charge is 0.273 e. The molecule has 1 saturated heterocycles. The Morgan fingerprint density at radius 3 is 3.12 bits per heavy atom. The van der Waals surface area contributed by atoms with Gasteiger partial charge in [0.1, 0.15) is 10.7 Å². The summed E-state index contributed by atoms with van der Waals surface area (Å²) in [5.74, 6) is -0.0836. The molecule has 0 saturated carbocycles. The molecule has 5 nitrogen and oxygen atoms in total. The molecule has 1 aromatic heterocycles. The molecule has 2 heterocycles. The fourth-order valence-corrected chi connectivity index (χ4v) is 2.76. The summed E-state index contributed by atoms with van der Waals surface area (Å²) >= 11 is 1.40. The van der Waals surface area contributed by atoms with Crippen LogP contribution in [0.3, 0.4) is 0 Å². The van der Waals surface area contributed by atoms with Crippen LogP contribution in [0, 0.1) is 0 Å². The summed E-state index contributed by atoms with van der Waals surface area (Å²) in [6.07, 6.45) is 2.94. The van der Waals surface area contributed by atoms with Gasteiger partial charge in [-0.3, -0.25) is 4.79 Å². The number of carbonyl (C=O) groups is 1. The van der Waals surface area contributed by atoms with Gasteiger partial charge in [0.15, 0.2) is 0 Å². The summed E-state index contributed by atoms with van der Waals surface area (Å²) in [4.78, 5) is 18.1. The third-order valence-electron chi connectivity index (χ3n) is 3.04. The normalized spacial score (nSPS) is 20.6. The second-order valence-electron chi connectivity index (χ2n) is 4.16. The Balaban J connectivity index is 2.12. The van der Waals surface area contributed by atoms with Gasteiger partial charge in [-0.15, -0.1) is 11.3 Å². The van der Waals surface area contributed by atoms with Crippen molar-refractivity contribution in [1.29, 1.82) is 0 Å². The Morgan fingerprint density at radius 2 is 2.47 bits per heavy atom. The van der Waals surface area contributed by atoms with E-state index in [-0.39, 0.29) is 18.6 Å². The molecule has 0 radical (unpaired) electrons. The summed E-state index contributed by atoms with van der Waals surface area (Å²) < 4.78 is 0. The van der Waals surface area contributed by atoms with E-state index >= 15 is 0 Å². The van der Waals surface area contributed by atoms with Gasteiger partial charge in [0.25, 0.3) is 5.91 Å². The maximum Gasteiger partial charge on any atom is 0.273 e. The number of likely N-dealkylation sites (tertiary alicyclic amines) is 1. The standard InChI is InChI=1S/C11H17N3O2S/c12-5-10-13-9(7-17-10)11(16)14-4-2-1-3-8(14)6-15/h7-8,15H,1-6,12H2. The average molecular weight is 255 g/mol. The first-order chi connectivity index (χ1) is 8.26. The Hall–Kier alpha value is -0.980. The fraction of sp³-hybridized carbons (Fsp3) is 0.636. The van der Waals surface area contributed by atoms with Gasteiger partial charge in [0, 0.05) is 18.5 Å². The number of thiazole rings is 1. The van der Waals surface area contributed by atoms with Gasteiger partial charge in [0.05, 0.1) is 12.6 Å². The van der Waals surface area contributed by atoms with Crippen LogP contribution in [0.5, 0.6) is 0 Å². The van der Waals surface area contributed by atoms with E-state index in [2.05, 4.69) is 4.98 Å². The van der Waals surface area contributed by atoms with Gasteiger partial charge in [-0.1, -0.05) is 0 Å². The molecular weight excluding hydrogens is 238 g/mol. The van der Waals surface area contributed by atoms with Crippen molar-refractivity contribution >= 4 is 17.2 Å². The number of rotatable bonds is 3. The number of aromatic nitrogens is 1. The van der Waals surface area contributed by atoms with Gasteiger partial charge in [-0.2, -0.15) is 0 Å². The molecule has 1 aliphatic rings. The van der Waals surface area contributed by atoms with Crippen LogP contribution < -0.4 is 5.73 Å². The van der Waals surface area contributed by atoms with Crippen LogP contribution in [0.1, 0.15) is 34.8 Å². The van der Waals surface area contributed by atoms with E-state index in [0.717, 1.165) is 24.3 Å². The number of nitrogens with two attached hydrogens (primary N) is 1. The molecule has 0 aromatic carbocycles. The fourth-order valence-electron chi connectivity index (χ4n) is 2.11. The summed E-state index contributed by atoms with van der Waals surface area (Å²) in [5.41, 5.74) is 5.93. The summed E-state index contributed by atoms with van der Waals surface area (Å²) in [6, 6.07) is -0.0562. The van der Waals surface area contributed by atoms with Crippen molar-refractivity contribution in [3.8, 4) is 0 Å². The Labute approximate surface area is 104 Å². The summed E-state index contributed by atoms with van der Waals surface area (Å²) in [5, 5.41) is 11.8. The van der Waals surface area contributed by atoms with E-state index in [9.17, 15) is 9.90 Å². The van der Waals surface area contributed by atoms with Crippen LogP contribution in [-0.4, -0.2) is 40.1 Å². The predicted molar refractivity (Wildman–Crippen MR) is 65.8 cm³/mol. The first-order valence-corrected chi connectivity index (χ1v) is 6.70. The number of hydrogen-bond donors (Lipinski definition) is 2. The lowest BCUT2D eigenvalue weighted by Gasteiger charge is -2.34. The largest absolute Gasteiger partial charge is 0.394 e. The molecule has 0 spiro atoms. The van der Waals surface area contributed by atoms with E-state index in [0.29, 0.717) is 18.8 Å². The van der Waals surface area contributed by atoms with Gasteiger partial charge in [-0.05, 0) is 19.3 Å². The van der Waals surface area contributed by atoms with Crippen LogP contribution in [0.2, 0.25) is 0 Å². The molecule has 94 valence electrons. The molecule has 6 heteroatoms. The molecular formula is C11H17N3O2S. The summed E-state index contributed by atoms with van der Waals surface area (Å²) in [7, 11) is 0. The zero-order valence-electron chi connectivity index (χ0n) is 9.63. The van der Waals surface area contributed by atoms with Crippen molar-refractivity contribution in [2.75, 3.05) is 13.2 Å². The molecule has 1 fully saturated rings. The molecule has 2 rings (SSSR count). The molecule has 1 atom stereocenters. The lowest BCUT2D eigenvalue weighted by molar-refractivity contribution is 0.0498. The van der Waals surface area contributed by atoms with Crippen molar-refractivity contribution in [2.45, 2.75) is 31.8 Å². The summed E-state index contributed by atoms with van der Waals surface area (Å²) in [6.45, 7) is 1.10. The van der Waals surface area contributed by atoms with Crippen molar-refractivity contribution in [1.82, 2.24) is 9.88 Å². The van der Waals surface area contributed by atoms with Gasteiger partial charge >= 0.3 is 0 Å². The van der Waals surface area contributed by atoms with Gasteiger partial charge in [-0.25, -0.2) is 4.98 Å². The Bertz CT molecular complexity index is 394. The number of aliphatic hydroxyl groups is 1. The highest BCUT2D eigenvalue weighted by atomic mass is 32.1. The first kappa shape index (κ1) is 12.5. The van der Waals surface area contributed by atoms with Crippen LogP contribution in [0.25, 0.3) is 0 Å². The van der Waals surface area contributed by atoms with E-state index in [1.165, 1.54) is 11.3 Å². The van der Waals surface area contributed by atoms with Crippen LogP contribution in [0.4, 0.5) is 0 Å². The predicted octanol–water partition coefficient (Wildman–Crippen LogP) is 0.589. The highest BCUT2D eigenvalue weighted by molar-refractivity contribution is 7.09. The van der Waals surface area contributed by atoms with E-state index < -0.39 is 0 Å². The Kier molecular flexibility index (Phi) is 4.09. The molecule has 3 N–H and O–H groups in total. The quantitative estimate of drug-likeness (QED) is 0.828. The lowest BCUT2D eigenvalue weighted by atomic mass is 10.0. The Morgan fingerprint density at radius 1 is 1.65 bits per heavy atom. The SMILES string of the molecule is NCc1nc(C(=O)N2CCCCC2CO)cs1. The van der Waals surface area contributed by atoms with Gasteiger partial charge in [0.2, 0.25) is 0 Å². The maximum absolute atomic E-state index is 12.2. The number of carbonyl (C=O) groups excluding carboxylic acids is 1. The van der Waals surface area contributed by atoms with Crippen molar-refractivity contribution in [3.63, 3.8) is 0 Å². The number of aliphatic hydroxyl groups excluding tert-OH is 1. The molecule has 1 aromatic rings. The number of hydrogen-bond acceptors (Lipinski definition) is 5. The molecule has 0 aliphatic carbocycles. The maximum atomic E-state index is 12.2. The minimum atomic E-state index is -0.0836. The van der Waals surface area contributed by atoms with E-state index in [1.54, 1.807) is 10.3 Å². The third-order valence-corrected chi connectivity index (χ3v) is 3.92. The number of nitrogens with zero attached hydrogens (tertiary/aromatic N) is 2. The second kappa shape index (κ2) is 5.57. The highest BCUT2D eigenvalue weighted by Crippen LogP contribution is 2.20. The first-order valence-electron chi connectivity index (χ1n) is 5.82. The average Bonchev–Trinajstić information content (AvgIpc) is 2.86. The van der Waals surface area contributed by atoms with Crippen LogP contribution >= 0.6 is 11.3 Å². The van der Waals surface area contributed by atoms with E-state index in [4.69, 9.17) is 5.73 Å². The second-order valence-corrected chi connectivity index (χ2v) is 5.10. The van der Waals surface area contributed by atoms with Crippen molar-refractivity contribution in [3.05, 3.63) is 16.1 Å². The van der Waals surface area contributed by atoms with E-state index in [1.807, 2.05) is 0 Å². The van der Waals surface area contributed by atoms with Crippen molar-refractivity contribution in [2.24, 2.45) is 5.73 Å². The lowest BCUT2D eigenvalue weighted by Crippen LogP contribution is -2.45. The third kappa shape index (κ3) is 2.65. The zero-order valence-corrected chi connectivity index (χ0v) is 10.4. The molecule has 1 aliphatic heterocycles. The minimum Gasteiger partial charge on any atom is -0.394 e. The number of piperidine rings is 1.